The highest BCUT2D eigenvalue weighted by molar-refractivity contribution is 7.12. The summed E-state index contributed by atoms with van der Waals surface area (Å²) in [4.78, 5) is 21.1. The summed E-state index contributed by atoms with van der Waals surface area (Å²) in [5.41, 5.74) is 2.63. The molecule has 0 bridgehead atoms. The predicted octanol–water partition coefficient (Wildman–Crippen LogP) is 4.12. The largest absolute Gasteiger partial charge is 0.422 e. The number of aromatic nitrogens is 2. The van der Waals surface area contributed by atoms with Crippen LogP contribution in [0.3, 0.4) is 0 Å². The standard InChI is InChI=1S/C17H15N3O2S/c1-11-10-12(2)19-17(18-11)20-13-5-7-14(8-6-13)22-16(21)15-4-3-9-23-15/h3-10H,1-2H3,(H,18,19,20). The highest BCUT2D eigenvalue weighted by atomic mass is 32.1. The van der Waals surface area contributed by atoms with E-state index >= 15 is 0 Å². The molecule has 2 heterocycles. The lowest BCUT2D eigenvalue weighted by Crippen LogP contribution is -2.06. The molecule has 0 amide bonds. The van der Waals surface area contributed by atoms with Crippen LogP contribution in [0.15, 0.2) is 47.8 Å². The molecule has 3 aromatic rings. The Morgan fingerprint density at radius 2 is 1.78 bits per heavy atom. The van der Waals surface area contributed by atoms with Crippen LogP contribution < -0.4 is 10.1 Å². The van der Waals surface area contributed by atoms with Gasteiger partial charge in [-0.05, 0) is 55.6 Å². The number of rotatable bonds is 4. The molecule has 0 aliphatic rings. The maximum absolute atomic E-state index is 11.9. The number of ether oxygens (including phenoxy) is 1. The Kier molecular flexibility index (Phi) is 4.34. The summed E-state index contributed by atoms with van der Waals surface area (Å²) in [5, 5.41) is 4.97. The number of aryl methyl sites for hydroxylation is 2. The van der Waals surface area contributed by atoms with Crippen molar-refractivity contribution in [2.24, 2.45) is 0 Å². The van der Waals surface area contributed by atoms with Crippen LogP contribution >= 0.6 is 11.3 Å². The van der Waals surface area contributed by atoms with E-state index in [2.05, 4.69) is 15.3 Å². The summed E-state index contributed by atoms with van der Waals surface area (Å²) in [6.07, 6.45) is 0. The molecule has 2 aromatic heterocycles. The number of carbonyl (C=O) groups is 1. The first-order valence-corrected chi connectivity index (χ1v) is 7.93. The molecule has 1 aromatic carbocycles. The summed E-state index contributed by atoms with van der Waals surface area (Å²) in [6, 6.07) is 12.6. The van der Waals surface area contributed by atoms with Crippen molar-refractivity contribution in [2.75, 3.05) is 5.32 Å². The SMILES string of the molecule is Cc1cc(C)nc(Nc2ccc(OC(=O)c3cccs3)cc2)n1. The van der Waals surface area contributed by atoms with Crippen LogP contribution in [0, 0.1) is 13.8 Å². The highest BCUT2D eigenvalue weighted by Crippen LogP contribution is 2.20. The molecule has 0 unspecified atom stereocenters. The molecule has 0 fully saturated rings. The Bertz CT molecular complexity index is 794. The van der Waals surface area contributed by atoms with E-state index in [1.807, 2.05) is 43.5 Å². The first-order valence-electron chi connectivity index (χ1n) is 7.05. The maximum atomic E-state index is 11.9. The minimum Gasteiger partial charge on any atom is -0.422 e. The first-order chi connectivity index (χ1) is 11.1. The molecule has 6 heteroatoms. The van der Waals surface area contributed by atoms with E-state index in [1.165, 1.54) is 11.3 Å². The zero-order chi connectivity index (χ0) is 16.2. The third-order valence-corrected chi connectivity index (χ3v) is 3.88. The van der Waals surface area contributed by atoms with Gasteiger partial charge in [-0.2, -0.15) is 0 Å². The fraction of sp³-hybridized carbons (Fsp3) is 0.118. The number of thiophene rings is 1. The molecule has 0 spiro atoms. The van der Waals surface area contributed by atoms with Crippen LogP contribution in [0.5, 0.6) is 5.75 Å². The van der Waals surface area contributed by atoms with Gasteiger partial charge in [0.1, 0.15) is 10.6 Å². The molecular formula is C17H15N3O2S. The van der Waals surface area contributed by atoms with Crippen LogP contribution in [0.1, 0.15) is 21.1 Å². The molecule has 0 radical (unpaired) electrons. The molecule has 3 rings (SSSR count). The van der Waals surface area contributed by atoms with Crippen molar-refractivity contribution >= 4 is 28.9 Å². The summed E-state index contributed by atoms with van der Waals surface area (Å²) in [5.74, 6) is 0.694. The summed E-state index contributed by atoms with van der Waals surface area (Å²) >= 11 is 1.35. The summed E-state index contributed by atoms with van der Waals surface area (Å²) in [6.45, 7) is 3.85. The van der Waals surface area contributed by atoms with Gasteiger partial charge in [0.25, 0.3) is 0 Å². The molecule has 0 aliphatic heterocycles. The highest BCUT2D eigenvalue weighted by Gasteiger charge is 2.09. The van der Waals surface area contributed by atoms with E-state index in [9.17, 15) is 4.79 Å². The van der Waals surface area contributed by atoms with Crippen molar-refractivity contribution in [3.8, 4) is 5.75 Å². The lowest BCUT2D eigenvalue weighted by molar-refractivity contribution is 0.0740. The van der Waals surface area contributed by atoms with Crippen LogP contribution in [0.2, 0.25) is 0 Å². The molecule has 1 N–H and O–H groups in total. The zero-order valence-electron chi connectivity index (χ0n) is 12.7. The number of benzene rings is 1. The zero-order valence-corrected chi connectivity index (χ0v) is 13.6. The average Bonchev–Trinajstić information content (AvgIpc) is 3.02. The van der Waals surface area contributed by atoms with Crippen LogP contribution in [0.4, 0.5) is 11.6 Å². The summed E-state index contributed by atoms with van der Waals surface area (Å²) < 4.78 is 5.31. The van der Waals surface area contributed by atoms with Gasteiger partial charge in [-0.3, -0.25) is 0 Å². The second-order valence-electron chi connectivity index (χ2n) is 4.99. The fourth-order valence-electron chi connectivity index (χ4n) is 2.07. The minimum atomic E-state index is -0.349. The van der Waals surface area contributed by atoms with Gasteiger partial charge in [-0.1, -0.05) is 6.07 Å². The van der Waals surface area contributed by atoms with Gasteiger partial charge in [0.15, 0.2) is 0 Å². The van der Waals surface area contributed by atoms with Crippen molar-refractivity contribution < 1.29 is 9.53 Å². The summed E-state index contributed by atoms with van der Waals surface area (Å²) in [7, 11) is 0. The van der Waals surface area contributed by atoms with Crippen LogP contribution in [-0.4, -0.2) is 15.9 Å². The normalized spacial score (nSPS) is 10.3. The van der Waals surface area contributed by atoms with Crippen molar-refractivity contribution in [1.29, 1.82) is 0 Å². The molecule has 0 aliphatic carbocycles. The lowest BCUT2D eigenvalue weighted by atomic mass is 10.3. The van der Waals surface area contributed by atoms with E-state index < -0.39 is 0 Å². The van der Waals surface area contributed by atoms with Crippen molar-refractivity contribution in [3.05, 3.63) is 64.1 Å². The average molecular weight is 325 g/mol. The van der Waals surface area contributed by atoms with Crippen molar-refractivity contribution in [2.45, 2.75) is 13.8 Å². The predicted molar refractivity (Wildman–Crippen MR) is 90.5 cm³/mol. The van der Waals surface area contributed by atoms with E-state index in [1.54, 1.807) is 18.2 Å². The second kappa shape index (κ2) is 6.58. The van der Waals surface area contributed by atoms with E-state index in [0.29, 0.717) is 16.6 Å². The Morgan fingerprint density at radius 3 is 2.39 bits per heavy atom. The van der Waals surface area contributed by atoms with Gasteiger partial charge in [-0.15, -0.1) is 11.3 Å². The molecular weight excluding hydrogens is 310 g/mol. The molecule has 0 saturated carbocycles. The minimum absolute atomic E-state index is 0.349. The van der Waals surface area contributed by atoms with Crippen molar-refractivity contribution in [1.82, 2.24) is 9.97 Å². The van der Waals surface area contributed by atoms with Gasteiger partial charge >= 0.3 is 5.97 Å². The van der Waals surface area contributed by atoms with Gasteiger partial charge in [-0.25, -0.2) is 14.8 Å². The monoisotopic (exact) mass is 325 g/mol. The Labute approximate surface area is 138 Å². The molecule has 5 nitrogen and oxygen atoms in total. The molecule has 116 valence electrons. The Hall–Kier alpha value is -2.73. The van der Waals surface area contributed by atoms with Gasteiger partial charge in [0.05, 0.1) is 0 Å². The lowest BCUT2D eigenvalue weighted by Gasteiger charge is -2.08. The molecule has 0 saturated heterocycles. The smallest absolute Gasteiger partial charge is 0.353 e. The number of nitrogens with zero attached hydrogens (tertiary/aromatic N) is 2. The number of esters is 1. The second-order valence-corrected chi connectivity index (χ2v) is 5.94. The number of anilines is 2. The van der Waals surface area contributed by atoms with E-state index in [0.717, 1.165) is 17.1 Å². The molecule has 0 atom stereocenters. The molecule has 23 heavy (non-hydrogen) atoms. The van der Waals surface area contributed by atoms with Gasteiger partial charge in [0, 0.05) is 17.1 Å². The van der Waals surface area contributed by atoms with Crippen LogP contribution in [-0.2, 0) is 0 Å². The third kappa shape index (κ3) is 3.92. The number of hydrogen-bond donors (Lipinski definition) is 1. The van der Waals surface area contributed by atoms with Crippen LogP contribution in [0.25, 0.3) is 0 Å². The quantitative estimate of drug-likeness (QED) is 0.577. The fourth-order valence-corrected chi connectivity index (χ4v) is 2.67. The van der Waals surface area contributed by atoms with Crippen molar-refractivity contribution in [3.63, 3.8) is 0 Å². The number of nitrogens with one attached hydrogen (secondary N) is 1. The number of hydrogen-bond acceptors (Lipinski definition) is 6. The Morgan fingerprint density at radius 1 is 1.09 bits per heavy atom. The van der Waals surface area contributed by atoms with Gasteiger partial charge in [0.2, 0.25) is 5.95 Å². The number of carbonyl (C=O) groups excluding carboxylic acids is 1. The maximum Gasteiger partial charge on any atom is 0.353 e. The third-order valence-electron chi connectivity index (χ3n) is 3.03. The topological polar surface area (TPSA) is 64.1 Å². The first kappa shape index (κ1) is 15.2. The Balaban J connectivity index is 1.68. The van der Waals surface area contributed by atoms with E-state index in [-0.39, 0.29) is 5.97 Å². The van der Waals surface area contributed by atoms with E-state index in [4.69, 9.17) is 4.74 Å². The van der Waals surface area contributed by atoms with Gasteiger partial charge < -0.3 is 10.1 Å².